The van der Waals surface area contributed by atoms with Crippen LogP contribution in [0.25, 0.3) is 11.3 Å². The van der Waals surface area contributed by atoms with Crippen molar-refractivity contribution >= 4 is 5.82 Å². The molecule has 0 bridgehead atoms. The van der Waals surface area contributed by atoms with Gasteiger partial charge in [0.1, 0.15) is 17.2 Å². The second-order valence-corrected chi connectivity index (χ2v) is 5.02. The Morgan fingerprint density at radius 2 is 1.52 bits per heavy atom. The van der Waals surface area contributed by atoms with Crippen LogP contribution in [0.4, 0.5) is 5.82 Å². The minimum atomic E-state index is 0.752. The molecule has 1 saturated heterocycles. The van der Waals surface area contributed by atoms with Crippen LogP contribution in [-0.4, -0.2) is 37.3 Å². The Balaban J connectivity index is 2.07. The second-order valence-electron chi connectivity index (χ2n) is 5.02. The molecule has 0 spiro atoms. The van der Waals surface area contributed by atoms with Crippen LogP contribution in [0.3, 0.4) is 0 Å². The van der Waals surface area contributed by atoms with E-state index in [-0.39, 0.29) is 0 Å². The summed E-state index contributed by atoms with van der Waals surface area (Å²) in [7, 11) is 3.30. The van der Waals surface area contributed by atoms with Crippen LogP contribution in [0.15, 0.2) is 30.6 Å². The molecule has 2 aromatic rings. The van der Waals surface area contributed by atoms with Crippen molar-refractivity contribution < 1.29 is 9.47 Å². The van der Waals surface area contributed by atoms with Crippen LogP contribution >= 0.6 is 0 Å². The monoisotopic (exact) mass is 285 g/mol. The Kier molecular flexibility index (Phi) is 3.90. The Bertz CT molecular complexity index is 602. The molecule has 2 heterocycles. The third-order valence-corrected chi connectivity index (χ3v) is 3.71. The molecular weight excluding hydrogens is 266 g/mol. The zero-order valence-corrected chi connectivity index (χ0v) is 12.4. The summed E-state index contributed by atoms with van der Waals surface area (Å²) in [5.74, 6) is 2.44. The summed E-state index contributed by atoms with van der Waals surface area (Å²) in [5.41, 5.74) is 1.83. The molecule has 21 heavy (non-hydrogen) atoms. The molecule has 0 saturated carbocycles. The van der Waals surface area contributed by atoms with E-state index in [1.165, 1.54) is 12.8 Å². The van der Waals surface area contributed by atoms with Gasteiger partial charge in [-0.2, -0.15) is 0 Å². The van der Waals surface area contributed by atoms with Crippen LogP contribution in [0, 0.1) is 0 Å². The molecule has 1 aromatic heterocycles. The van der Waals surface area contributed by atoms with Gasteiger partial charge in [0.25, 0.3) is 0 Å². The number of ether oxygens (including phenoxy) is 2. The minimum absolute atomic E-state index is 0.752. The summed E-state index contributed by atoms with van der Waals surface area (Å²) in [5, 5.41) is 0. The van der Waals surface area contributed by atoms with Crippen LogP contribution in [0.5, 0.6) is 11.5 Å². The van der Waals surface area contributed by atoms with Crippen molar-refractivity contribution in [2.75, 3.05) is 32.2 Å². The first-order chi connectivity index (χ1) is 10.3. The van der Waals surface area contributed by atoms with Crippen molar-refractivity contribution in [1.82, 2.24) is 9.97 Å². The normalized spacial score (nSPS) is 14.3. The van der Waals surface area contributed by atoms with Gasteiger partial charge in [0.05, 0.1) is 14.2 Å². The van der Waals surface area contributed by atoms with E-state index in [0.29, 0.717) is 0 Å². The van der Waals surface area contributed by atoms with E-state index in [0.717, 1.165) is 41.7 Å². The minimum Gasteiger partial charge on any atom is -0.497 e. The van der Waals surface area contributed by atoms with E-state index < -0.39 is 0 Å². The van der Waals surface area contributed by atoms with Gasteiger partial charge in [0.15, 0.2) is 5.82 Å². The summed E-state index contributed by atoms with van der Waals surface area (Å²) >= 11 is 0. The van der Waals surface area contributed by atoms with E-state index >= 15 is 0 Å². The zero-order valence-electron chi connectivity index (χ0n) is 12.4. The van der Waals surface area contributed by atoms with Crippen LogP contribution in [0.1, 0.15) is 12.8 Å². The molecule has 0 unspecified atom stereocenters. The highest BCUT2D eigenvalue weighted by Crippen LogP contribution is 2.33. The summed E-state index contributed by atoms with van der Waals surface area (Å²) in [6, 6.07) is 5.79. The fraction of sp³-hybridized carbons (Fsp3) is 0.375. The summed E-state index contributed by atoms with van der Waals surface area (Å²) in [6.45, 7) is 2.07. The summed E-state index contributed by atoms with van der Waals surface area (Å²) in [6.07, 6.45) is 5.88. The average molecular weight is 285 g/mol. The van der Waals surface area contributed by atoms with E-state index in [1.807, 2.05) is 18.2 Å². The van der Waals surface area contributed by atoms with Gasteiger partial charge in [-0.15, -0.1) is 0 Å². The second kappa shape index (κ2) is 5.99. The third-order valence-electron chi connectivity index (χ3n) is 3.71. The first-order valence-electron chi connectivity index (χ1n) is 7.11. The molecule has 3 rings (SSSR count). The number of anilines is 1. The lowest BCUT2D eigenvalue weighted by Crippen LogP contribution is -2.20. The Morgan fingerprint density at radius 3 is 2.14 bits per heavy atom. The van der Waals surface area contributed by atoms with Crippen molar-refractivity contribution in [2.45, 2.75) is 12.8 Å². The van der Waals surface area contributed by atoms with Gasteiger partial charge in [-0.1, -0.05) is 0 Å². The number of hydrogen-bond acceptors (Lipinski definition) is 5. The maximum atomic E-state index is 5.34. The molecule has 0 amide bonds. The van der Waals surface area contributed by atoms with Crippen molar-refractivity contribution in [3.63, 3.8) is 0 Å². The van der Waals surface area contributed by atoms with Crippen molar-refractivity contribution in [3.8, 4) is 22.8 Å². The van der Waals surface area contributed by atoms with Gasteiger partial charge < -0.3 is 14.4 Å². The zero-order chi connectivity index (χ0) is 14.7. The number of nitrogens with zero attached hydrogens (tertiary/aromatic N) is 3. The topological polar surface area (TPSA) is 47.5 Å². The molecule has 1 aliphatic heterocycles. The highest BCUT2D eigenvalue weighted by molar-refractivity contribution is 5.74. The molecule has 0 radical (unpaired) electrons. The van der Waals surface area contributed by atoms with E-state index in [2.05, 4.69) is 14.9 Å². The molecule has 1 aliphatic rings. The smallest absolute Gasteiger partial charge is 0.155 e. The maximum Gasteiger partial charge on any atom is 0.155 e. The number of methoxy groups -OCH3 is 2. The lowest BCUT2D eigenvalue weighted by Gasteiger charge is -2.19. The molecule has 110 valence electrons. The number of aromatic nitrogens is 2. The quantitative estimate of drug-likeness (QED) is 0.864. The molecule has 5 nitrogen and oxygen atoms in total. The van der Waals surface area contributed by atoms with E-state index in [1.54, 1.807) is 26.6 Å². The Hall–Kier alpha value is -2.30. The predicted molar refractivity (Wildman–Crippen MR) is 82.0 cm³/mol. The maximum absolute atomic E-state index is 5.34. The highest BCUT2D eigenvalue weighted by atomic mass is 16.5. The lowest BCUT2D eigenvalue weighted by molar-refractivity contribution is 0.394. The number of rotatable bonds is 4. The van der Waals surface area contributed by atoms with Crippen molar-refractivity contribution in [3.05, 3.63) is 30.6 Å². The van der Waals surface area contributed by atoms with E-state index in [9.17, 15) is 0 Å². The molecular formula is C16H19N3O2. The van der Waals surface area contributed by atoms with Gasteiger partial charge in [-0.3, -0.25) is 4.98 Å². The standard InChI is InChI=1S/C16H19N3O2/c1-20-13-9-12(10-14(11-13)21-2)15-16(18-6-5-17-15)19-7-3-4-8-19/h5-6,9-11H,3-4,7-8H2,1-2H3. The lowest BCUT2D eigenvalue weighted by atomic mass is 10.1. The fourth-order valence-electron chi connectivity index (χ4n) is 2.64. The van der Waals surface area contributed by atoms with Gasteiger partial charge in [-0.05, 0) is 25.0 Å². The Labute approximate surface area is 124 Å². The first kappa shape index (κ1) is 13.7. The van der Waals surface area contributed by atoms with Gasteiger partial charge in [0, 0.05) is 37.1 Å². The van der Waals surface area contributed by atoms with Crippen molar-refractivity contribution in [1.29, 1.82) is 0 Å². The van der Waals surface area contributed by atoms with Crippen molar-refractivity contribution in [2.24, 2.45) is 0 Å². The van der Waals surface area contributed by atoms with Gasteiger partial charge >= 0.3 is 0 Å². The number of hydrogen-bond donors (Lipinski definition) is 0. The predicted octanol–water partition coefficient (Wildman–Crippen LogP) is 2.76. The van der Waals surface area contributed by atoms with Gasteiger partial charge in [-0.25, -0.2) is 4.98 Å². The molecule has 0 N–H and O–H groups in total. The molecule has 1 aromatic carbocycles. The van der Waals surface area contributed by atoms with Crippen LogP contribution in [0.2, 0.25) is 0 Å². The average Bonchev–Trinajstić information content (AvgIpc) is 3.08. The summed E-state index contributed by atoms with van der Waals surface area (Å²) < 4.78 is 10.7. The van der Waals surface area contributed by atoms with Crippen LogP contribution in [-0.2, 0) is 0 Å². The first-order valence-corrected chi connectivity index (χ1v) is 7.11. The highest BCUT2D eigenvalue weighted by Gasteiger charge is 2.19. The number of benzene rings is 1. The summed E-state index contributed by atoms with van der Waals surface area (Å²) in [4.78, 5) is 11.3. The van der Waals surface area contributed by atoms with Gasteiger partial charge in [0.2, 0.25) is 0 Å². The fourth-order valence-corrected chi connectivity index (χ4v) is 2.64. The largest absolute Gasteiger partial charge is 0.497 e. The molecule has 5 heteroatoms. The van der Waals surface area contributed by atoms with E-state index in [4.69, 9.17) is 9.47 Å². The molecule has 0 aliphatic carbocycles. The molecule has 0 atom stereocenters. The SMILES string of the molecule is COc1cc(OC)cc(-c2nccnc2N2CCCC2)c1. The Morgan fingerprint density at radius 1 is 0.905 bits per heavy atom. The van der Waals surface area contributed by atoms with Crippen LogP contribution < -0.4 is 14.4 Å². The molecule has 1 fully saturated rings. The third kappa shape index (κ3) is 2.77.